The van der Waals surface area contributed by atoms with Crippen molar-refractivity contribution in [3.05, 3.63) is 152 Å². The minimum absolute atomic E-state index is 0.160. The molecule has 2 aliphatic rings. The Labute approximate surface area is 249 Å². The number of thiophene rings is 1. The van der Waals surface area contributed by atoms with Gasteiger partial charge in [0.05, 0.1) is 5.69 Å². The van der Waals surface area contributed by atoms with Gasteiger partial charge in [-0.15, -0.1) is 11.3 Å². The third-order valence-electron chi connectivity index (χ3n) is 8.63. The molecule has 42 heavy (non-hydrogen) atoms. The lowest BCUT2D eigenvalue weighted by atomic mass is 9.36. The van der Waals surface area contributed by atoms with Crippen molar-refractivity contribution < 1.29 is 0 Å². The summed E-state index contributed by atoms with van der Waals surface area (Å²) in [5, 5.41) is 1.31. The van der Waals surface area contributed by atoms with Crippen molar-refractivity contribution in [1.29, 1.82) is 0 Å². The van der Waals surface area contributed by atoms with Crippen LogP contribution in [0.3, 0.4) is 0 Å². The molecule has 196 valence electrons. The summed E-state index contributed by atoms with van der Waals surface area (Å²) in [6.45, 7) is 0.160. The van der Waals surface area contributed by atoms with Crippen LogP contribution in [0.2, 0.25) is 0 Å². The molecule has 7 aromatic rings. The van der Waals surface area contributed by atoms with E-state index in [0.717, 1.165) is 0 Å². The van der Waals surface area contributed by atoms with Crippen LogP contribution in [0.25, 0.3) is 21.2 Å². The van der Waals surface area contributed by atoms with Gasteiger partial charge in [0.2, 0.25) is 0 Å². The van der Waals surface area contributed by atoms with Crippen molar-refractivity contribution >= 4 is 78.0 Å². The SMILES string of the molecule is c1ccc(-c2cccc(N3c4ccccc4B4c5sc6ccccc6c5N(c5ccccc5)c5cccc3c54)c2)cc1. The molecule has 0 N–H and O–H groups in total. The first-order chi connectivity index (χ1) is 20.9. The molecule has 2 aliphatic heterocycles. The van der Waals surface area contributed by atoms with Crippen LogP contribution in [-0.2, 0) is 0 Å². The second kappa shape index (κ2) is 9.23. The summed E-state index contributed by atoms with van der Waals surface area (Å²) in [6, 6.07) is 55.2. The van der Waals surface area contributed by atoms with Crippen molar-refractivity contribution in [2.45, 2.75) is 0 Å². The van der Waals surface area contributed by atoms with E-state index in [1.807, 2.05) is 11.3 Å². The van der Waals surface area contributed by atoms with Crippen molar-refractivity contribution in [2.75, 3.05) is 9.80 Å². The molecule has 0 amide bonds. The lowest BCUT2D eigenvalue weighted by Gasteiger charge is -2.43. The summed E-state index contributed by atoms with van der Waals surface area (Å²) in [7, 11) is 0. The second-order valence-electron chi connectivity index (χ2n) is 10.9. The summed E-state index contributed by atoms with van der Waals surface area (Å²) in [6.07, 6.45) is 0. The van der Waals surface area contributed by atoms with E-state index in [9.17, 15) is 0 Å². The molecule has 2 nitrogen and oxygen atoms in total. The van der Waals surface area contributed by atoms with Gasteiger partial charge in [0.25, 0.3) is 6.71 Å². The predicted octanol–water partition coefficient (Wildman–Crippen LogP) is 8.65. The highest BCUT2D eigenvalue weighted by atomic mass is 32.1. The summed E-state index contributed by atoms with van der Waals surface area (Å²) < 4.78 is 2.73. The number of hydrogen-bond acceptors (Lipinski definition) is 3. The van der Waals surface area contributed by atoms with Crippen LogP contribution in [0.5, 0.6) is 0 Å². The number of hydrogen-bond donors (Lipinski definition) is 0. The van der Waals surface area contributed by atoms with Crippen LogP contribution in [0.4, 0.5) is 34.1 Å². The number of nitrogens with zero attached hydrogens (tertiary/aromatic N) is 2. The maximum Gasteiger partial charge on any atom is 0.264 e. The highest BCUT2D eigenvalue weighted by molar-refractivity contribution is 7.33. The van der Waals surface area contributed by atoms with Gasteiger partial charge in [-0.25, -0.2) is 0 Å². The third kappa shape index (κ3) is 3.39. The quantitative estimate of drug-likeness (QED) is 0.203. The van der Waals surface area contributed by atoms with Gasteiger partial charge in [-0.05, 0) is 70.6 Å². The average molecular weight is 553 g/mol. The highest BCUT2D eigenvalue weighted by Gasteiger charge is 2.44. The monoisotopic (exact) mass is 552 g/mol. The molecule has 0 unspecified atom stereocenters. The fourth-order valence-corrected chi connectivity index (χ4v) is 8.21. The van der Waals surface area contributed by atoms with Crippen molar-refractivity contribution in [2.24, 2.45) is 0 Å². The van der Waals surface area contributed by atoms with Crippen LogP contribution in [-0.4, -0.2) is 6.71 Å². The topological polar surface area (TPSA) is 6.48 Å². The zero-order valence-electron chi connectivity index (χ0n) is 22.8. The fraction of sp³-hybridized carbons (Fsp3) is 0. The molecule has 9 rings (SSSR count). The van der Waals surface area contributed by atoms with E-state index in [-0.39, 0.29) is 6.71 Å². The van der Waals surface area contributed by atoms with Crippen molar-refractivity contribution in [1.82, 2.24) is 0 Å². The number of benzene rings is 6. The van der Waals surface area contributed by atoms with Gasteiger partial charge < -0.3 is 9.80 Å². The Morgan fingerprint density at radius 2 is 1.10 bits per heavy atom. The zero-order valence-corrected chi connectivity index (χ0v) is 23.6. The van der Waals surface area contributed by atoms with Gasteiger partial charge >= 0.3 is 0 Å². The van der Waals surface area contributed by atoms with Gasteiger partial charge in [-0.1, -0.05) is 103 Å². The third-order valence-corrected chi connectivity index (χ3v) is 9.85. The summed E-state index contributed by atoms with van der Waals surface area (Å²) in [5.41, 5.74) is 12.6. The Kier molecular flexibility index (Phi) is 5.20. The molecule has 0 spiro atoms. The minimum Gasteiger partial charge on any atom is -0.311 e. The molecule has 0 aliphatic carbocycles. The molecule has 0 fully saturated rings. The lowest BCUT2D eigenvalue weighted by Crippen LogP contribution is -2.60. The fourth-order valence-electron chi connectivity index (χ4n) is 6.90. The first-order valence-corrected chi connectivity index (χ1v) is 15.2. The smallest absolute Gasteiger partial charge is 0.264 e. The lowest BCUT2D eigenvalue weighted by molar-refractivity contribution is 1.26. The molecular weight excluding hydrogens is 527 g/mol. The molecule has 0 saturated carbocycles. The van der Waals surface area contributed by atoms with E-state index in [2.05, 4.69) is 161 Å². The molecule has 6 aromatic carbocycles. The standard InChI is InChI=1S/C38H25BN2S/c1-3-13-26(14-4-1)27-15-11-18-29(25-27)40-32-21-9-8-20-31(32)39-36-33(40)22-12-23-34(36)41(28-16-5-2-6-17-28)37-30-19-7-10-24-35(30)42-38(37)39/h1-25H. The Morgan fingerprint density at radius 3 is 1.95 bits per heavy atom. The Bertz CT molecular complexity index is 2120. The van der Waals surface area contributed by atoms with E-state index in [1.54, 1.807) is 0 Å². The van der Waals surface area contributed by atoms with Gasteiger partial charge in [-0.2, -0.15) is 0 Å². The molecule has 0 saturated heterocycles. The maximum absolute atomic E-state index is 2.50. The van der Waals surface area contributed by atoms with Crippen LogP contribution < -0.4 is 25.5 Å². The van der Waals surface area contributed by atoms with Crippen LogP contribution in [0.1, 0.15) is 0 Å². The number of anilines is 6. The van der Waals surface area contributed by atoms with Crippen LogP contribution >= 0.6 is 11.3 Å². The average Bonchev–Trinajstić information content (AvgIpc) is 3.45. The molecule has 4 heteroatoms. The van der Waals surface area contributed by atoms with Gasteiger partial charge in [-0.3, -0.25) is 0 Å². The summed E-state index contributed by atoms with van der Waals surface area (Å²) >= 11 is 1.94. The number of para-hydroxylation sites is 2. The number of fused-ring (bicyclic) bond motifs is 6. The molecule has 0 bridgehead atoms. The Hall–Kier alpha value is -5.06. The zero-order chi connectivity index (χ0) is 27.6. The molecule has 1 aromatic heterocycles. The van der Waals surface area contributed by atoms with Crippen LogP contribution in [0.15, 0.2) is 152 Å². The van der Waals surface area contributed by atoms with Crippen molar-refractivity contribution in [3.63, 3.8) is 0 Å². The van der Waals surface area contributed by atoms with E-state index in [0.29, 0.717) is 0 Å². The van der Waals surface area contributed by atoms with E-state index in [1.165, 1.54) is 71.0 Å². The van der Waals surface area contributed by atoms with E-state index >= 15 is 0 Å². The number of rotatable bonds is 3. The minimum atomic E-state index is 0.160. The molecule has 0 atom stereocenters. The molecular formula is C38H25BN2S. The van der Waals surface area contributed by atoms with Crippen LogP contribution in [0, 0.1) is 0 Å². The maximum atomic E-state index is 2.50. The second-order valence-corrected chi connectivity index (χ2v) is 12.0. The normalized spacial score (nSPS) is 13.1. The van der Waals surface area contributed by atoms with Gasteiger partial charge in [0.15, 0.2) is 0 Å². The van der Waals surface area contributed by atoms with E-state index in [4.69, 9.17) is 0 Å². The largest absolute Gasteiger partial charge is 0.311 e. The Balaban J connectivity index is 1.34. The van der Waals surface area contributed by atoms with Gasteiger partial charge in [0, 0.05) is 43.3 Å². The Morgan fingerprint density at radius 1 is 0.476 bits per heavy atom. The first kappa shape index (κ1) is 23.6. The highest BCUT2D eigenvalue weighted by Crippen LogP contribution is 2.47. The van der Waals surface area contributed by atoms with Gasteiger partial charge in [0.1, 0.15) is 0 Å². The molecule has 3 heterocycles. The predicted molar refractivity (Wildman–Crippen MR) is 181 cm³/mol. The molecule has 0 radical (unpaired) electrons. The van der Waals surface area contributed by atoms with E-state index < -0.39 is 0 Å². The summed E-state index contributed by atoms with van der Waals surface area (Å²) in [4.78, 5) is 4.97. The van der Waals surface area contributed by atoms with Crippen molar-refractivity contribution in [3.8, 4) is 11.1 Å². The first-order valence-electron chi connectivity index (χ1n) is 14.4. The summed E-state index contributed by atoms with van der Waals surface area (Å²) in [5.74, 6) is 0.